The lowest BCUT2D eigenvalue weighted by molar-refractivity contribution is -0.275. The lowest BCUT2D eigenvalue weighted by Gasteiger charge is -2.14. The van der Waals surface area contributed by atoms with Gasteiger partial charge in [0.2, 0.25) is 0 Å². The zero-order valence-corrected chi connectivity index (χ0v) is 10.9. The fraction of sp³-hybridized carbons (Fsp3) is 0.286. The molecule has 9 heteroatoms. The van der Waals surface area contributed by atoms with Gasteiger partial charge in [-0.15, -0.1) is 13.2 Å². The lowest BCUT2D eigenvalue weighted by Crippen LogP contribution is -2.19. The van der Waals surface area contributed by atoms with E-state index in [1.165, 1.54) is 22.6 Å². The van der Waals surface area contributed by atoms with Crippen LogP contribution in [0.2, 0.25) is 0 Å². The quantitative estimate of drug-likeness (QED) is 0.407. The maximum Gasteiger partial charge on any atom is 0.573 e. The minimum Gasteiger partial charge on any atom is -0.404 e. The Bertz CT molecular complexity index is 397. The minimum absolute atomic E-state index is 0.0109. The summed E-state index contributed by atoms with van der Waals surface area (Å²) in [6.07, 6.45) is -7.48. The van der Waals surface area contributed by atoms with Gasteiger partial charge in [0.05, 0.1) is 9.13 Å². The van der Waals surface area contributed by atoms with E-state index in [9.17, 15) is 22.0 Å². The Labute approximate surface area is 108 Å². The molecule has 1 aromatic rings. The molecule has 90 valence electrons. The van der Waals surface area contributed by atoms with Gasteiger partial charge >= 0.3 is 6.36 Å². The second-order valence-corrected chi connectivity index (χ2v) is 4.33. The molecule has 0 bridgehead atoms. The summed E-state index contributed by atoms with van der Waals surface area (Å²) < 4.78 is 64.2. The summed E-state index contributed by atoms with van der Waals surface area (Å²) in [5.41, 5.74) is -0.898. The molecule has 2 nitrogen and oxygen atoms in total. The van der Waals surface area contributed by atoms with Crippen molar-refractivity contribution in [1.82, 2.24) is 4.98 Å². The van der Waals surface area contributed by atoms with Gasteiger partial charge in [-0.25, -0.2) is 13.8 Å². The molecule has 0 fully saturated rings. The fourth-order valence-electron chi connectivity index (χ4n) is 0.837. The predicted octanol–water partition coefficient (Wildman–Crippen LogP) is 4.28. The molecule has 1 rings (SSSR count). The van der Waals surface area contributed by atoms with Gasteiger partial charge in [-0.3, -0.25) is 0 Å². The summed E-state index contributed by atoms with van der Waals surface area (Å²) in [5.74, 6) is -0.926. The molecule has 0 spiro atoms. The van der Waals surface area contributed by atoms with Crippen molar-refractivity contribution < 1.29 is 26.7 Å². The van der Waals surface area contributed by atoms with Gasteiger partial charge in [-0.05, 0) is 38.5 Å². The largest absolute Gasteiger partial charge is 0.573 e. The van der Waals surface area contributed by atoms with Crippen molar-refractivity contribution in [2.24, 2.45) is 0 Å². The van der Waals surface area contributed by atoms with Crippen molar-refractivity contribution in [1.29, 1.82) is 0 Å². The van der Waals surface area contributed by atoms with E-state index >= 15 is 0 Å². The Morgan fingerprint density at radius 1 is 1.38 bits per heavy atom. The Balaban J connectivity index is 3.26. The molecule has 0 aliphatic heterocycles. The first-order valence-corrected chi connectivity index (χ1v) is 5.47. The van der Waals surface area contributed by atoms with E-state index in [1.54, 1.807) is 0 Å². The number of hydrogen-bond acceptors (Lipinski definition) is 2. The van der Waals surface area contributed by atoms with Crippen LogP contribution in [0.25, 0.3) is 0 Å². The van der Waals surface area contributed by atoms with Crippen LogP contribution in [0.1, 0.15) is 12.0 Å². The molecule has 0 unspecified atom stereocenters. The first-order valence-electron chi connectivity index (χ1n) is 3.60. The van der Waals surface area contributed by atoms with Crippen LogP contribution in [0.15, 0.2) is 10.8 Å². The molecule has 0 amide bonds. The van der Waals surface area contributed by atoms with Crippen LogP contribution in [0.5, 0.6) is 5.75 Å². The highest BCUT2D eigenvalue weighted by atomic mass is 127. The van der Waals surface area contributed by atoms with Gasteiger partial charge in [0.1, 0.15) is 4.60 Å². The van der Waals surface area contributed by atoms with Gasteiger partial charge in [0.25, 0.3) is 6.43 Å². The van der Waals surface area contributed by atoms with Gasteiger partial charge in [-0.1, -0.05) is 0 Å². The maximum absolute atomic E-state index is 12.4. The summed E-state index contributed by atoms with van der Waals surface area (Å²) in [6.45, 7) is 0. The standard InChI is InChI=1S/C7H2BrF5INO/c8-5-3(14)4(16-7(11,12)13)2(1-15-5)6(9)10/h1,6H. The van der Waals surface area contributed by atoms with E-state index < -0.39 is 24.1 Å². The Hall–Kier alpha value is -0.190. The van der Waals surface area contributed by atoms with E-state index in [1.807, 2.05) is 0 Å². The highest BCUT2D eigenvalue weighted by Gasteiger charge is 2.35. The molecular weight excluding hydrogens is 416 g/mol. The van der Waals surface area contributed by atoms with E-state index in [0.29, 0.717) is 6.20 Å². The molecule has 1 heterocycles. The van der Waals surface area contributed by atoms with E-state index in [-0.39, 0.29) is 8.17 Å². The molecule has 0 aromatic carbocycles. The number of halogens is 7. The van der Waals surface area contributed by atoms with Gasteiger partial charge < -0.3 is 4.74 Å². The second-order valence-electron chi connectivity index (χ2n) is 2.50. The van der Waals surface area contributed by atoms with Crippen LogP contribution < -0.4 is 4.74 Å². The normalized spacial score (nSPS) is 12.0. The van der Waals surface area contributed by atoms with Crippen molar-refractivity contribution in [3.63, 3.8) is 0 Å². The van der Waals surface area contributed by atoms with Crippen LogP contribution in [-0.4, -0.2) is 11.3 Å². The summed E-state index contributed by atoms with van der Waals surface area (Å²) in [6, 6.07) is 0. The summed E-state index contributed by atoms with van der Waals surface area (Å²) >= 11 is 4.26. The molecule has 0 atom stereocenters. The summed E-state index contributed by atoms with van der Waals surface area (Å²) in [4.78, 5) is 3.47. The third-order valence-corrected chi connectivity index (χ3v) is 3.76. The number of pyridine rings is 1. The molecule has 0 aliphatic carbocycles. The fourth-order valence-corrected chi connectivity index (χ4v) is 1.68. The average Bonchev–Trinajstić information content (AvgIpc) is 2.10. The number of aromatic nitrogens is 1. The number of nitrogens with zero attached hydrogens (tertiary/aromatic N) is 1. The average molecular weight is 418 g/mol. The van der Waals surface area contributed by atoms with Crippen LogP contribution in [0, 0.1) is 3.57 Å². The Morgan fingerprint density at radius 2 is 1.94 bits per heavy atom. The van der Waals surface area contributed by atoms with E-state index in [4.69, 9.17) is 0 Å². The second kappa shape index (κ2) is 4.98. The van der Waals surface area contributed by atoms with Crippen LogP contribution in [-0.2, 0) is 0 Å². The zero-order valence-electron chi connectivity index (χ0n) is 7.16. The SMILES string of the molecule is FC(F)c1cnc(Br)c(I)c1OC(F)(F)F. The zero-order chi connectivity index (χ0) is 12.5. The first kappa shape index (κ1) is 13.9. The van der Waals surface area contributed by atoms with Crippen molar-refractivity contribution in [3.05, 3.63) is 19.9 Å². The highest BCUT2D eigenvalue weighted by Crippen LogP contribution is 2.38. The molecule has 0 aliphatic rings. The lowest BCUT2D eigenvalue weighted by atomic mass is 10.3. The van der Waals surface area contributed by atoms with Crippen LogP contribution >= 0.6 is 38.5 Å². The summed E-state index contributed by atoms with van der Waals surface area (Å²) in [7, 11) is 0. The summed E-state index contributed by atoms with van der Waals surface area (Å²) in [5, 5.41) is 0. The van der Waals surface area contributed by atoms with Crippen molar-refractivity contribution in [3.8, 4) is 5.75 Å². The molecule has 0 radical (unpaired) electrons. The number of ether oxygens (including phenoxy) is 1. The van der Waals surface area contributed by atoms with Crippen LogP contribution in [0.4, 0.5) is 22.0 Å². The Kier molecular flexibility index (Phi) is 4.32. The van der Waals surface area contributed by atoms with Crippen molar-refractivity contribution in [2.45, 2.75) is 12.8 Å². The minimum atomic E-state index is -5.02. The first-order chi connectivity index (χ1) is 7.22. The number of alkyl halides is 5. The third kappa shape index (κ3) is 3.40. The molecule has 0 saturated carbocycles. The molecule has 0 N–H and O–H groups in total. The smallest absolute Gasteiger partial charge is 0.404 e. The highest BCUT2D eigenvalue weighted by molar-refractivity contribution is 14.1. The molecule has 0 saturated heterocycles. The molecular formula is C7H2BrF5INO. The van der Waals surface area contributed by atoms with E-state index in [0.717, 1.165) is 0 Å². The molecule has 16 heavy (non-hydrogen) atoms. The van der Waals surface area contributed by atoms with Crippen molar-refractivity contribution in [2.75, 3.05) is 0 Å². The topological polar surface area (TPSA) is 22.1 Å². The predicted molar refractivity (Wildman–Crippen MR) is 56.3 cm³/mol. The van der Waals surface area contributed by atoms with E-state index in [2.05, 4.69) is 25.7 Å². The monoisotopic (exact) mass is 417 g/mol. The molecule has 1 aromatic heterocycles. The maximum atomic E-state index is 12.4. The van der Waals surface area contributed by atoms with Gasteiger partial charge in [0, 0.05) is 6.20 Å². The number of rotatable bonds is 2. The van der Waals surface area contributed by atoms with Crippen molar-refractivity contribution >= 4 is 38.5 Å². The van der Waals surface area contributed by atoms with Crippen LogP contribution in [0.3, 0.4) is 0 Å². The van der Waals surface area contributed by atoms with Gasteiger partial charge in [0.15, 0.2) is 5.75 Å². The van der Waals surface area contributed by atoms with Gasteiger partial charge in [-0.2, -0.15) is 0 Å². The number of hydrogen-bond donors (Lipinski definition) is 0. The Morgan fingerprint density at radius 3 is 2.38 bits per heavy atom. The third-order valence-electron chi connectivity index (χ3n) is 1.41.